The topological polar surface area (TPSA) is 159 Å². The summed E-state index contributed by atoms with van der Waals surface area (Å²) in [6, 6.07) is -1.70. The highest BCUT2D eigenvalue weighted by atomic mass is 32.2. The second kappa shape index (κ2) is 12.6. The Kier molecular flexibility index (Phi) is 10.9. The number of thioether (sulfide) groups is 1. The second-order valence-corrected chi connectivity index (χ2v) is 8.17. The normalized spacial score (nSPS) is 21.4. The number of amides is 2. The molecule has 10 heteroatoms. The molecule has 9 nitrogen and oxygen atoms in total. The van der Waals surface area contributed by atoms with Gasteiger partial charge >= 0.3 is 11.9 Å². The first-order chi connectivity index (χ1) is 13.2. The summed E-state index contributed by atoms with van der Waals surface area (Å²) >= 11 is 1.64. The van der Waals surface area contributed by atoms with E-state index in [2.05, 4.69) is 10.6 Å². The summed E-state index contributed by atoms with van der Waals surface area (Å²) < 4.78 is 0. The second-order valence-electron chi connectivity index (χ2n) is 7.18. The molecule has 2 amide bonds. The van der Waals surface area contributed by atoms with Crippen LogP contribution in [0, 0.1) is 11.8 Å². The van der Waals surface area contributed by atoms with Gasteiger partial charge in [0.1, 0.15) is 6.04 Å². The fourth-order valence-corrected chi connectivity index (χ4v) is 3.69. The van der Waals surface area contributed by atoms with E-state index in [1.807, 2.05) is 6.26 Å². The van der Waals surface area contributed by atoms with E-state index in [9.17, 15) is 19.2 Å². The van der Waals surface area contributed by atoms with Crippen LogP contribution in [0.3, 0.4) is 0 Å². The van der Waals surface area contributed by atoms with Crippen LogP contribution in [-0.4, -0.2) is 64.6 Å². The van der Waals surface area contributed by atoms with Crippen molar-refractivity contribution in [1.82, 2.24) is 10.6 Å². The van der Waals surface area contributed by atoms with E-state index in [-0.39, 0.29) is 36.5 Å². The Morgan fingerprint density at radius 1 is 1.11 bits per heavy atom. The standard InChI is InChI=1S/C18H31N3O6S/c1-28-9-8-13(19)17(25)20-10-11-2-4-12(5-3-11)16(24)21-14(18(26)27)6-7-15(22)23/h11-14H,2-10,19H2,1H3,(H,20,25)(H,21,24)(H,22,23)(H,26,27)/t11?,12?,13-,14-/m0/s1. The Morgan fingerprint density at radius 2 is 1.75 bits per heavy atom. The molecule has 0 heterocycles. The van der Waals surface area contributed by atoms with E-state index < -0.39 is 24.0 Å². The van der Waals surface area contributed by atoms with E-state index in [1.54, 1.807) is 11.8 Å². The van der Waals surface area contributed by atoms with Gasteiger partial charge in [-0.15, -0.1) is 0 Å². The van der Waals surface area contributed by atoms with E-state index in [4.69, 9.17) is 15.9 Å². The largest absolute Gasteiger partial charge is 0.481 e. The first-order valence-electron chi connectivity index (χ1n) is 9.51. The van der Waals surface area contributed by atoms with E-state index in [0.29, 0.717) is 25.8 Å². The Balaban J connectivity index is 2.36. The van der Waals surface area contributed by atoms with Crippen molar-refractivity contribution in [3.63, 3.8) is 0 Å². The molecule has 0 aromatic rings. The molecule has 0 radical (unpaired) electrons. The van der Waals surface area contributed by atoms with Gasteiger partial charge in [-0.05, 0) is 56.5 Å². The molecule has 1 aliphatic carbocycles. The molecule has 1 rings (SSSR count). The summed E-state index contributed by atoms with van der Waals surface area (Å²) in [6.45, 7) is 0.524. The van der Waals surface area contributed by atoms with Gasteiger partial charge in [-0.3, -0.25) is 14.4 Å². The van der Waals surface area contributed by atoms with E-state index >= 15 is 0 Å². The van der Waals surface area contributed by atoms with Gasteiger partial charge in [0.25, 0.3) is 0 Å². The average Bonchev–Trinajstić information content (AvgIpc) is 2.67. The number of rotatable bonds is 12. The Hall–Kier alpha value is -1.81. The molecule has 0 aliphatic heterocycles. The van der Waals surface area contributed by atoms with Gasteiger partial charge in [0.05, 0.1) is 6.04 Å². The number of nitrogens with two attached hydrogens (primary N) is 1. The number of aliphatic carboxylic acids is 2. The molecule has 0 saturated heterocycles. The number of carbonyl (C=O) groups excluding carboxylic acids is 2. The molecule has 0 aromatic carbocycles. The van der Waals surface area contributed by atoms with Crippen molar-refractivity contribution in [3.05, 3.63) is 0 Å². The minimum Gasteiger partial charge on any atom is -0.481 e. The van der Waals surface area contributed by atoms with Crippen LogP contribution in [-0.2, 0) is 19.2 Å². The molecule has 1 fully saturated rings. The van der Waals surface area contributed by atoms with Crippen molar-refractivity contribution in [2.24, 2.45) is 17.6 Å². The number of nitrogens with one attached hydrogen (secondary N) is 2. The van der Waals surface area contributed by atoms with Gasteiger partial charge in [-0.2, -0.15) is 11.8 Å². The zero-order chi connectivity index (χ0) is 21.1. The maximum Gasteiger partial charge on any atom is 0.326 e. The molecule has 0 bridgehead atoms. The molecule has 0 unspecified atom stereocenters. The van der Waals surface area contributed by atoms with Crippen molar-refractivity contribution in [2.45, 2.75) is 57.0 Å². The van der Waals surface area contributed by atoms with Crippen LogP contribution in [0.25, 0.3) is 0 Å². The highest BCUT2D eigenvalue weighted by molar-refractivity contribution is 7.98. The third kappa shape index (κ3) is 8.92. The molecule has 1 saturated carbocycles. The summed E-state index contributed by atoms with van der Waals surface area (Å²) in [6.07, 6.45) is 4.86. The van der Waals surface area contributed by atoms with Crippen molar-refractivity contribution in [2.75, 3.05) is 18.6 Å². The predicted molar refractivity (Wildman–Crippen MR) is 106 cm³/mol. The zero-order valence-electron chi connectivity index (χ0n) is 16.2. The van der Waals surface area contributed by atoms with Crippen LogP contribution >= 0.6 is 11.8 Å². The summed E-state index contributed by atoms with van der Waals surface area (Å²) in [5.41, 5.74) is 5.83. The third-order valence-electron chi connectivity index (χ3n) is 5.01. The quantitative estimate of drug-likeness (QED) is 0.305. The Bertz CT molecular complexity index is 551. The predicted octanol–water partition coefficient (Wildman–Crippen LogP) is 0.424. The minimum atomic E-state index is -1.23. The van der Waals surface area contributed by atoms with Gasteiger partial charge in [0, 0.05) is 18.9 Å². The van der Waals surface area contributed by atoms with Gasteiger partial charge in [0.2, 0.25) is 11.8 Å². The number of carboxylic acid groups (broad SMARTS) is 2. The van der Waals surface area contributed by atoms with E-state index in [0.717, 1.165) is 18.6 Å². The van der Waals surface area contributed by atoms with Crippen LogP contribution < -0.4 is 16.4 Å². The van der Waals surface area contributed by atoms with Crippen LogP contribution in [0.15, 0.2) is 0 Å². The fourth-order valence-electron chi connectivity index (χ4n) is 3.20. The maximum atomic E-state index is 12.3. The van der Waals surface area contributed by atoms with Crippen molar-refractivity contribution in [3.8, 4) is 0 Å². The monoisotopic (exact) mass is 417 g/mol. The molecule has 2 atom stereocenters. The maximum absolute atomic E-state index is 12.3. The molecular weight excluding hydrogens is 386 g/mol. The molecule has 1 aliphatic rings. The van der Waals surface area contributed by atoms with Crippen LogP contribution in [0.5, 0.6) is 0 Å². The minimum absolute atomic E-state index is 0.144. The lowest BCUT2D eigenvalue weighted by Gasteiger charge is -2.29. The van der Waals surface area contributed by atoms with Crippen molar-refractivity contribution >= 4 is 35.5 Å². The van der Waals surface area contributed by atoms with Crippen molar-refractivity contribution < 1.29 is 29.4 Å². The third-order valence-corrected chi connectivity index (χ3v) is 5.66. The lowest BCUT2D eigenvalue weighted by atomic mass is 9.81. The summed E-state index contributed by atoms with van der Waals surface area (Å²) in [4.78, 5) is 46.1. The Labute approximate surface area is 169 Å². The SMILES string of the molecule is CSCC[C@H](N)C(=O)NCC1CCC(C(=O)N[C@@H](CCC(=O)O)C(=O)O)CC1. The molecule has 0 aromatic heterocycles. The van der Waals surface area contributed by atoms with Crippen LogP contribution in [0.4, 0.5) is 0 Å². The summed E-state index contributed by atoms with van der Waals surface area (Å²) in [7, 11) is 0. The van der Waals surface area contributed by atoms with Gasteiger partial charge in [-0.1, -0.05) is 0 Å². The van der Waals surface area contributed by atoms with Gasteiger partial charge < -0.3 is 26.6 Å². The molecular formula is C18H31N3O6S. The highest BCUT2D eigenvalue weighted by Crippen LogP contribution is 2.28. The summed E-state index contributed by atoms with van der Waals surface area (Å²) in [5, 5.41) is 23.1. The number of carboxylic acids is 2. The average molecular weight is 418 g/mol. The summed E-state index contributed by atoms with van der Waals surface area (Å²) in [5.74, 6) is -2.03. The lowest BCUT2D eigenvalue weighted by Crippen LogP contribution is -2.45. The number of hydrogen-bond acceptors (Lipinski definition) is 6. The number of hydrogen-bond donors (Lipinski definition) is 5. The highest BCUT2D eigenvalue weighted by Gasteiger charge is 2.29. The number of carbonyl (C=O) groups is 4. The first kappa shape index (κ1) is 24.2. The Morgan fingerprint density at radius 3 is 2.29 bits per heavy atom. The smallest absolute Gasteiger partial charge is 0.326 e. The molecule has 28 heavy (non-hydrogen) atoms. The van der Waals surface area contributed by atoms with Gasteiger partial charge in [-0.25, -0.2) is 4.79 Å². The lowest BCUT2D eigenvalue weighted by molar-refractivity contribution is -0.143. The van der Waals surface area contributed by atoms with Gasteiger partial charge in [0.15, 0.2) is 0 Å². The van der Waals surface area contributed by atoms with Crippen LogP contribution in [0.2, 0.25) is 0 Å². The molecule has 6 N–H and O–H groups in total. The fraction of sp³-hybridized carbons (Fsp3) is 0.778. The first-order valence-corrected chi connectivity index (χ1v) is 10.9. The molecule has 160 valence electrons. The van der Waals surface area contributed by atoms with E-state index in [1.165, 1.54) is 0 Å². The zero-order valence-corrected chi connectivity index (χ0v) is 17.0. The van der Waals surface area contributed by atoms with Crippen LogP contribution in [0.1, 0.15) is 44.9 Å². The van der Waals surface area contributed by atoms with Crippen molar-refractivity contribution in [1.29, 1.82) is 0 Å². The molecule has 0 spiro atoms.